The summed E-state index contributed by atoms with van der Waals surface area (Å²) in [6.07, 6.45) is 4.50. The van der Waals surface area contributed by atoms with Crippen molar-refractivity contribution in [1.29, 1.82) is 0 Å². The number of rotatable bonds is 4. The van der Waals surface area contributed by atoms with Crippen LogP contribution >= 0.6 is 0 Å². The number of H-pyrrole nitrogens is 1. The number of furan rings is 1. The Balaban J connectivity index is 1.58. The summed E-state index contributed by atoms with van der Waals surface area (Å²) >= 11 is 0. The van der Waals surface area contributed by atoms with Crippen molar-refractivity contribution in [3.05, 3.63) is 53.7 Å². The third kappa shape index (κ3) is 2.71. The van der Waals surface area contributed by atoms with E-state index in [1.165, 1.54) is 12.8 Å². The van der Waals surface area contributed by atoms with Gasteiger partial charge in [0, 0.05) is 0 Å². The zero-order valence-corrected chi connectivity index (χ0v) is 13.2. The van der Waals surface area contributed by atoms with Gasteiger partial charge in [-0.05, 0) is 37.1 Å². The Hall–Kier alpha value is -2.89. The van der Waals surface area contributed by atoms with Gasteiger partial charge in [0.05, 0.1) is 17.1 Å². The molecular formula is C18H18N4O2. The molecule has 3 N–H and O–H groups in total. The van der Waals surface area contributed by atoms with Crippen LogP contribution in [0.25, 0.3) is 11.0 Å². The fraction of sp³-hybridized carbons (Fsp3) is 0.278. The van der Waals surface area contributed by atoms with Gasteiger partial charge in [0.25, 0.3) is 5.78 Å². The van der Waals surface area contributed by atoms with Crippen molar-refractivity contribution in [2.24, 2.45) is 10.7 Å². The van der Waals surface area contributed by atoms with Crippen LogP contribution in [0.15, 0.2) is 45.8 Å². The lowest BCUT2D eigenvalue weighted by atomic mass is 10.2. The van der Waals surface area contributed by atoms with E-state index in [1.807, 2.05) is 24.3 Å². The fourth-order valence-electron chi connectivity index (χ4n) is 3.07. The number of fused-ring (bicyclic) bond motifs is 1. The van der Waals surface area contributed by atoms with E-state index >= 15 is 0 Å². The van der Waals surface area contributed by atoms with Crippen molar-refractivity contribution in [3.63, 3.8) is 0 Å². The molecule has 2 aromatic heterocycles. The van der Waals surface area contributed by atoms with E-state index in [-0.39, 0.29) is 23.4 Å². The topological polar surface area (TPSA) is 97.3 Å². The Morgan fingerprint density at radius 1 is 1.17 bits per heavy atom. The van der Waals surface area contributed by atoms with E-state index in [9.17, 15) is 4.79 Å². The van der Waals surface area contributed by atoms with Crippen molar-refractivity contribution in [1.82, 2.24) is 9.97 Å². The highest BCUT2D eigenvalue weighted by atomic mass is 16.3. The van der Waals surface area contributed by atoms with E-state index in [2.05, 4.69) is 15.0 Å². The molecule has 4 rings (SSSR count). The molecular weight excluding hydrogens is 304 g/mol. The van der Waals surface area contributed by atoms with Crippen LogP contribution in [0, 0.1) is 0 Å². The second-order valence-electron chi connectivity index (χ2n) is 6.05. The Morgan fingerprint density at radius 3 is 2.71 bits per heavy atom. The summed E-state index contributed by atoms with van der Waals surface area (Å²) in [5.41, 5.74) is 7.57. The Kier molecular flexibility index (Phi) is 3.65. The van der Waals surface area contributed by atoms with Gasteiger partial charge in [0.2, 0.25) is 0 Å². The van der Waals surface area contributed by atoms with Gasteiger partial charge < -0.3 is 15.1 Å². The molecule has 0 aliphatic heterocycles. The second-order valence-corrected chi connectivity index (χ2v) is 6.05. The zero-order chi connectivity index (χ0) is 16.5. The summed E-state index contributed by atoms with van der Waals surface area (Å²) in [6.45, 7) is 0. The van der Waals surface area contributed by atoms with Crippen LogP contribution in [-0.4, -0.2) is 27.6 Å². The molecule has 1 aliphatic rings. The van der Waals surface area contributed by atoms with E-state index in [0.717, 1.165) is 23.9 Å². The number of aromatic nitrogens is 2. The van der Waals surface area contributed by atoms with Crippen LogP contribution in [0.4, 0.5) is 0 Å². The summed E-state index contributed by atoms with van der Waals surface area (Å²) in [5, 5.41) is 0. The quantitative estimate of drug-likeness (QED) is 0.438. The van der Waals surface area contributed by atoms with Gasteiger partial charge in [0.1, 0.15) is 0 Å². The monoisotopic (exact) mass is 322 g/mol. The molecule has 24 heavy (non-hydrogen) atoms. The number of ketones is 1. The highest BCUT2D eigenvalue weighted by molar-refractivity contribution is 6.07. The lowest BCUT2D eigenvalue weighted by molar-refractivity contribution is 0.100. The number of nitrogens with two attached hydrogens (primary N) is 1. The van der Waals surface area contributed by atoms with Crippen molar-refractivity contribution in [2.75, 3.05) is 0 Å². The summed E-state index contributed by atoms with van der Waals surface area (Å²) in [7, 11) is 0. The lowest BCUT2D eigenvalue weighted by Gasteiger charge is -2.03. The largest absolute Gasteiger partial charge is 0.449 e. The average Bonchev–Trinajstić information content (AvgIpc) is 3.33. The van der Waals surface area contributed by atoms with Crippen LogP contribution in [0.2, 0.25) is 0 Å². The van der Waals surface area contributed by atoms with Gasteiger partial charge in [-0.1, -0.05) is 25.0 Å². The smallest absolute Gasteiger partial charge is 0.263 e. The number of hydrogen-bond donors (Lipinski definition) is 2. The lowest BCUT2D eigenvalue weighted by Crippen LogP contribution is -2.16. The summed E-state index contributed by atoms with van der Waals surface area (Å²) in [4.78, 5) is 24.3. The molecule has 0 spiro atoms. The summed E-state index contributed by atoms with van der Waals surface area (Å²) < 4.78 is 5.60. The van der Waals surface area contributed by atoms with E-state index < -0.39 is 0 Å². The number of aliphatic imine (C=N–C) groups is 1. The highest BCUT2D eigenvalue weighted by Gasteiger charge is 2.20. The Labute approximate surface area is 138 Å². The molecule has 0 bridgehead atoms. The third-order valence-electron chi connectivity index (χ3n) is 4.33. The highest BCUT2D eigenvalue weighted by Crippen LogP contribution is 2.22. The number of hydrogen-bond acceptors (Lipinski definition) is 4. The molecule has 6 heteroatoms. The van der Waals surface area contributed by atoms with Gasteiger partial charge in [-0.3, -0.25) is 9.79 Å². The summed E-state index contributed by atoms with van der Waals surface area (Å²) in [6, 6.07) is 11.1. The molecule has 1 aliphatic carbocycles. The molecule has 1 aromatic carbocycles. The van der Waals surface area contributed by atoms with Crippen molar-refractivity contribution >= 4 is 22.7 Å². The predicted molar refractivity (Wildman–Crippen MR) is 91.2 cm³/mol. The molecule has 0 atom stereocenters. The van der Waals surface area contributed by atoms with Crippen molar-refractivity contribution < 1.29 is 9.21 Å². The molecule has 1 fully saturated rings. The average molecular weight is 322 g/mol. The van der Waals surface area contributed by atoms with Crippen LogP contribution in [-0.2, 0) is 0 Å². The maximum Gasteiger partial charge on any atom is 0.263 e. The van der Waals surface area contributed by atoms with E-state index in [4.69, 9.17) is 10.2 Å². The molecule has 1 saturated carbocycles. The van der Waals surface area contributed by atoms with Gasteiger partial charge in [0.15, 0.2) is 23.2 Å². The normalized spacial score (nSPS) is 16.1. The number of nitrogens with one attached hydrogen (secondary N) is 1. The first-order chi connectivity index (χ1) is 11.7. The van der Waals surface area contributed by atoms with Gasteiger partial charge in [-0.15, -0.1) is 0 Å². The Morgan fingerprint density at radius 2 is 1.92 bits per heavy atom. The minimum absolute atomic E-state index is 0.202. The zero-order valence-electron chi connectivity index (χ0n) is 13.2. The third-order valence-corrected chi connectivity index (χ3v) is 4.33. The number of nitrogens with zero attached hydrogens (tertiary/aromatic N) is 2. The van der Waals surface area contributed by atoms with Crippen LogP contribution in [0.5, 0.6) is 0 Å². The maximum atomic E-state index is 12.5. The molecule has 0 unspecified atom stereocenters. The standard InChI is InChI=1S/C18H18N4O2/c19-17(20-11-5-1-2-6-11)15-10-9-14(24-15)16(23)18-21-12-7-3-4-8-13(12)22-18/h3-4,7-11H,1-2,5-6H2,(H2,19,20)(H,21,22). The SMILES string of the molecule is NC(=NC1CCCC1)c1ccc(C(=O)c2nc3ccccc3[nH]2)o1. The molecule has 6 nitrogen and oxygen atoms in total. The van der Waals surface area contributed by atoms with Crippen LogP contribution in [0.3, 0.4) is 0 Å². The molecule has 0 saturated heterocycles. The van der Waals surface area contributed by atoms with E-state index in [1.54, 1.807) is 12.1 Å². The van der Waals surface area contributed by atoms with Gasteiger partial charge >= 0.3 is 0 Å². The molecule has 3 aromatic rings. The molecule has 122 valence electrons. The minimum Gasteiger partial charge on any atom is -0.449 e. The predicted octanol–water partition coefficient (Wildman–Crippen LogP) is 3.03. The maximum absolute atomic E-state index is 12.5. The molecule has 0 amide bonds. The number of amidine groups is 1. The van der Waals surface area contributed by atoms with Gasteiger partial charge in [-0.25, -0.2) is 4.98 Å². The Bertz CT molecular complexity index is 883. The van der Waals surface area contributed by atoms with Crippen molar-refractivity contribution in [2.45, 2.75) is 31.7 Å². The fourth-order valence-corrected chi connectivity index (χ4v) is 3.07. The van der Waals surface area contributed by atoms with Crippen LogP contribution in [0.1, 0.15) is 47.8 Å². The first-order valence-corrected chi connectivity index (χ1v) is 8.13. The van der Waals surface area contributed by atoms with Crippen molar-refractivity contribution in [3.8, 4) is 0 Å². The molecule has 0 radical (unpaired) electrons. The molecule has 2 heterocycles. The first-order valence-electron chi connectivity index (χ1n) is 8.13. The van der Waals surface area contributed by atoms with Gasteiger partial charge in [-0.2, -0.15) is 0 Å². The minimum atomic E-state index is -0.300. The number of carbonyl (C=O) groups excluding carboxylic acids is 1. The second kappa shape index (κ2) is 5.96. The van der Waals surface area contributed by atoms with E-state index in [0.29, 0.717) is 11.6 Å². The number of benzene rings is 1. The number of para-hydroxylation sites is 2. The number of imidazole rings is 1. The first kappa shape index (κ1) is 14.7. The summed E-state index contributed by atoms with van der Waals surface area (Å²) in [5.74, 6) is 0.940. The number of carbonyl (C=O) groups is 1. The van der Waals surface area contributed by atoms with Crippen LogP contribution < -0.4 is 5.73 Å². The number of aromatic amines is 1.